The van der Waals surface area contributed by atoms with Gasteiger partial charge >= 0.3 is 6.18 Å². The van der Waals surface area contributed by atoms with Crippen molar-refractivity contribution in [2.24, 2.45) is 0 Å². The lowest BCUT2D eigenvalue weighted by Gasteiger charge is -2.09. The maximum Gasteiger partial charge on any atom is 0.411 e. The van der Waals surface area contributed by atoms with Gasteiger partial charge in [0.05, 0.1) is 6.61 Å². The smallest absolute Gasteiger partial charge is 0.367 e. The molecule has 0 spiro atoms. The maximum atomic E-state index is 12.3. The number of halogens is 3. The molecule has 4 nitrogen and oxygen atoms in total. The van der Waals surface area contributed by atoms with E-state index in [9.17, 15) is 22.8 Å². The van der Waals surface area contributed by atoms with Crippen molar-refractivity contribution in [1.82, 2.24) is 5.32 Å². The van der Waals surface area contributed by atoms with Crippen molar-refractivity contribution >= 4 is 11.7 Å². The number of hydrogen-bond acceptors (Lipinski definition) is 3. The summed E-state index contributed by atoms with van der Waals surface area (Å²) in [6, 6.07) is 12.4. The number of alkyl halides is 3. The van der Waals surface area contributed by atoms with E-state index in [1.807, 2.05) is 32.0 Å². The molecule has 0 aliphatic heterocycles. The molecule has 29 heavy (non-hydrogen) atoms. The number of amides is 1. The van der Waals surface area contributed by atoms with Crippen molar-refractivity contribution in [3.05, 3.63) is 70.3 Å². The van der Waals surface area contributed by atoms with Gasteiger partial charge in [0.1, 0.15) is 6.61 Å². The van der Waals surface area contributed by atoms with Gasteiger partial charge in [0.2, 0.25) is 5.91 Å². The van der Waals surface area contributed by atoms with Crippen LogP contribution in [-0.2, 0) is 22.7 Å². The highest BCUT2D eigenvalue weighted by atomic mass is 19.4. The summed E-state index contributed by atoms with van der Waals surface area (Å²) in [6.07, 6.45) is -4.12. The molecular formula is C22H24F3NO3. The van der Waals surface area contributed by atoms with E-state index < -0.39 is 12.8 Å². The van der Waals surface area contributed by atoms with Gasteiger partial charge in [0.15, 0.2) is 5.78 Å². The monoisotopic (exact) mass is 407 g/mol. The van der Waals surface area contributed by atoms with E-state index >= 15 is 0 Å². The minimum atomic E-state index is -4.34. The second-order valence-corrected chi connectivity index (χ2v) is 6.94. The number of hydrogen-bond donors (Lipinski definition) is 1. The fourth-order valence-corrected chi connectivity index (χ4v) is 2.72. The first-order valence-electron chi connectivity index (χ1n) is 9.23. The molecule has 0 saturated heterocycles. The molecule has 0 heterocycles. The maximum absolute atomic E-state index is 12.3. The molecule has 0 radical (unpaired) electrons. The summed E-state index contributed by atoms with van der Waals surface area (Å²) < 4.78 is 40.8. The molecule has 0 saturated carbocycles. The van der Waals surface area contributed by atoms with Crippen LogP contribution < -0.4 is 5.32 Å². The highest BCUT2D eigenvalue weighted by molar-refractivity contribution is 5.99. The van der Waals surface area contributed by atoms with Gasteiger partial charge in [-0.05, 0) is 36.6 Å². The fourth-order valence-electron chi connectivity index (χ4n) is 2.72. The summed E-state index contributed by atoms with van der Waals surface area (Å²) >= 11 is 0. The van der Waals surface area contributed by atoms with Crippen molar-refractivity contribution in [2.75, 3.05) is 6.61 Å². The van der Waals surface area contributed by atoms with Crippen LogP contribution in [0.5, 0.6) is 0 Å². The Hall–Kier alpha value is -2.67. The van der Waals surface area contributed by atoms with Crippen LogP contribution in [0.1, 0.15) is 45.5 Å². The van der Waals surface area contributed by atoms with Crippen LogP contribution in [0.3, 0.4) is 0 Å². The lowest BCUT2D eigenvalue weighted by Crippen LogP contribution is -2.23. The Kier molecular flexibility index (Phi) is 7.96. The molecule has 0 aliphatic rings. The van der Waals surface area contributed by atoms with Crippen LogP contribution >= 0.6 is 0 Å². The quantitative estimate of drug-likeness (QED) is 0.615. The standard InChI is InChI=1S/C22H24F3NO3/c1-15-3-4-16(2)19(11-15)20(27)9-10-21(28)26-12-17-5-7-18(8-6-17)13-29-14-22(23,24)25/h3-8,11H,9-10,12-14H2,1-2H3,(H,26,28). The Labute approximate surface area is 168 Å². The van der Waals surface area contributed by atoms with Gasteiger partial charge in [-0.15, -0.1) is 0 Å². The first-order valence-corrected chi connectivity index (χ1v) is 9.23. The van der Waals surface area contributed by atoms with Crippen molar-refractivity contribution < 1.29 is 27.5 Å². The number of carbonyl (C=O) groups is 2. The third kappa shape index (κ3) is 8.07. The van der Waals surface area contributed by atoms with Crippen molar-refractivity contribution in [2.45, 2.75) is 46.0 Å². The molecule has 0 unspecified atom stereocenters. The summed E-state index contributed by atoms with van der Waals surface area (Å²) in [6.45, 7) is 2.64. The number of Topliss-reactive ketones (excluding diaryl/α,β-unsaturated/α-hetero) is 1. The zero-order valence-electron chi connectivity index (χ0n) is 16.4. The van der Waals surface area contributed by atoms with Gasteiger partial charge in [-0.2, -0.15) is 13.2 Å². The van der Waals surface area contributed by atoms with Crippen molar-refractivity contribution in [1.29, 1.82) is 0 Å². The van der Waals surface area contributed by atoms with Gasteiger partial charge in [-0.25, -0.2) is 0 Å². The Morgan fingerprint density at radius 2 is 1.62 bits per heavy atom. The van der Waals surface area contributed by atoms with Gasteiger partial charge in [-0.1, -0.05) is 42.0 Å². The molecule has 0 aliphatic carbocycles. The molecule has 2 aromatic rings. The van der Waals surface area contributed by atoms with Crippen molar-refractivity contribution in [3.8, 4) is 0 Å². The number of rotatable bonds is 9. The highest BCUT2D eigenvalue weighted by Gasteiger charge is 2.27. The van der Waals surface area contributed by atoms with Crippen LogP contribution in [0, 0.1) is 13.8 Å². The normalized spacial score (nSPS) is 11.3. The van der Waals surface area contributed by atoms with E-state index in [1.54, 1.807) is 24.3 Å². The zero-order chi connectivity index (χ0) is 21.4. The molecule has 1 N–H and O–H groups in total. The van der Waals surface area contributed by atoms with Crippen LogP contribution in [-0.4, -0.2) is 24.5 Å². The molecule has 0 aromatic heterocycles. The van der Waals surface area contributed by atoms with E-state index in [1.165, 1.54) is 0 Å². The number of ketones is 1. The molecule has 0 bridgehead atoms. The third-order valence-electron chi connectivity index (χ3n) is 4.32. The zero-order valence-corrected chi connectivity index (χ0v) is 16.4. The molecular weight excluding hydrogens is 383 g/mol. The number of nitrogens with one attached hydrogen (secondary N) is 1. The van der Waals surface area contributed by atoms with E-state index in [0.29, 0.717) is 11.1 Å². The number of carbonyl (C=O) groups excluding carboxylic acids is 2. The summed E-state index contributed by atoms with van der Waals surface area (Å²) in [5, 5.41) is 2.74. The minimum absolute atomic E-state index is 0.0652. The summed E-state index contributed by atoms with van der Waals surface area (Å²) in [4.78, 5) is 24.3. The molecule has 1 amide bonds. The lowest BCUT2D eigenvalue weighted by atomic mass is 9.99. The second-order valence-electron chi connectivity index (χ2n) is 6.94. The number of aryl methyl sites for hydroxylation is 2. The molecule has 7 heteroatoms. The molecule has 2 rings (SSSR count). The predicted molar refractivity (Wildman–Crippen MR) is 103 cm³/mol. The average Bonchev–Trinajstić information content (AvgIpc) is 2.66. The van der Waals surface area contributed by atoms with Gasteiger partial charge in [0, 0.05) is 24.9 Å². The van der Waals surface area contributed by atoms with Crippen LogP contribution in [0.25, 0.3) is 0 Å². The van der Waals surface area contributed by atoms with Crippen LogP contribution in [0.2, 0.25) is 0 Å². The topological polar surface area (TPSA) is 55.4 Å². The third-order valence-corrected chi connectivity index (χ3v) is 4.32. The van der Waals surface area contributed by atoms with Crippen molar-refractivity contribution in [3.63, 3.8) is 0 Å². The van der Waals surface area contributed by atoms with Crippen LogP contribution in [0.4, 0.5) is 13.2 Å². The Balaban J connectivity index is 1.74. The van der Waals surface area contributed by atoms with E-state index in [4.69, 9.17) is 0 Å². The lowest BCUT2D eigenvalue weighted by molar-refractivity contribution is -0.176. The summed E-state index contributed by atoms with van der Waals surface area (Å²) in [5.74, 6) is -0.300. The largest absolute Gasteiger partial charge is 0.411 e. The molecule has 156 valence electrons. The first kappa shape index (κ1) is 22.6. The predicted octanol–water partition coefficient (Wildman–Crippen LogP) is 4.66. The summed E-state index contributed by atoms with van der Waals surface area (Å²) in [7, 11) is 0. The minimum Gasteiger partial charge on any atom is -0.367 e. The van der Waals surface area contributed by atoms with Gasteiger partial charge in [0.25, 0.3) is 0 Å². The van der Waals surface area contributed by atoms with Gasteiger partial charge in [-0.3, -0.25) is 9.59 Å². The van der Waals surface area contributed by atoms with Crippen LogP contribution in [0.15, 0.2) is 42.5 Å². The Morgan fingerprint density at radius 3 is 2.28 bits per heavy atom. The number of benzene rings is 2. The SMILES string of the molecule is Cc1ccc(C)c(C(=O)CCC(=O)NCc2ccc(COCC(F)(F)F)cc2)c1. The van der Waals surface area contributed by atoms with Gasteiger partial charge < -0.3 is 10.1 Å². The summed E-state index contributed by atoms with van der Waals surface area (Å²) in [5.41, 5.74) is 3.94. The second kappa shape index (κ2) is 10.2. The Bertz CT molecular complexity index is 845. The fraction of sp³-hybridized carbons (Fsp3) is 0.364. The van der Waals surface area contributed by atoms with E-state index in [2.05, 4.69) is 10.1 Å². The first-order chi connectivity index (χ1) is 13.6. The van der Waals surface area contributed by atoms with E-state index in [0.717, 1.165) is 16.7 Å². The molecule has 0 fully saturated rings. The number of ether oxygens (including phenoxy) is 1. The Morgan fingerprint density at radius 1 is 0.966 bits per heavy atom. The molecule has 0 atom stereocenters. The highest BCUT2D eigenvalue weighted by Crippen LogP contribution is 2.16. The molecule has 2 aromatic carbocycles. The van der Waals surface area contributed by atoms with E-state index in [-0.39, 0.29) is 37.7 Å². The average molecular weight is 407 g/mol.